The van der Waals surface area contributed by atoms with Crippen LogP contribution in [0.4, 0.5) is 0 Å². The SMILES string of the molecule is CCCCOCCN=C(NCC)N1CCC(C)CC1.I. The lowest BCUT2D eigenvalue weighted by Crippen LogP contribution is -2.45. The molecule has 1 aliphatic rings. The van der Waals surface area contributed by atoms with E-state index >= 15 is 0 Å². The van der Waals surface area contributed by atoms with E-state index in [9.17, 15) is 0 Å². The first-order chi connectivity index (χ1) is 9.27. The number of aliphatic imine (C=N–C) groups is 1. The Bertz CT molecular complexity index is 254. The van der Waals surface area contributed by atoms with Crippen LogP contribution < -0.4 is 5.32 Å². The highest BCUT2D eigenvalue weighted by Gasteiger charge is 2.18. The number of hydrogen-bond acceptors (Lipinski definition) is 2. The average molecular weight is 397 g/mol. The van der Waals surface area contributed by atoms with Gasteiger partial charge in [-0.3, -0.25) is 4.99 Å². The van der Waals surface area contributed by atoms with Gasteiger partial charge in [0.1, 0.15) is 0 Å². The van der Waals surface area contributed by atoms with E-state index in [-0.39, 0.29) is 24.0 Å². The Kier molecular flexibility index (Phi) is 12.7. The summed E-state index contributed by atoms with van der Waals surface area (Å²) in [5.74, 6) is 1.92. The van der Waals surface area contributed by atoms with Gasteiger partial charge in [0.25, 0.3) is 0 Å². The van der Waals surface area contributed by atoms with Crippen molar-refractivity contribution in [2.75, 3.05) is 39.4 Å². The molecule has 0 amide bonds. The van der Waals surface area contributed by atoms with E-state index in [4.69, 9.17) is 4.74 Å². The molecule has 0 aromatic heterocycles. The Balaban J connectivity index is 0.00000361. The van der Waals surface area contributed by atoms with Crippen molar-refractivity contribution in [2.24, 2.45) is 10.9 Å². The molecule has 0 aliphatic carbocycles. The van der Waals surface area contributed by atoms with E-state index in [0.29, 0.717) is 0 Å². The molecule has 120 valence electrons. The highest BCUT2D eigenvalue weighted by atomic mass is 127. The van der Waals surface area contributed by atoms with Gasteiger partial charge in [0.05, 0.1) is 13.2 Å². The molecule has 1 rings (SSSR count). The minimum absolute atomic E-state index is 0. The second-order valence-electron chi connectivity index (χ2n) is 5.37. The number of rotatable bonds is 7. The number of nitrogens with zero attached hydrogens (tertiary/aromatic N) is 2. The molecule has 0 saturated carbocycles. The van der Waals surface area contributed by atoms with Crippen molar-refractivity contribution in [1.29, 1.82) is 0 Å². The number of unbranched alkanes of at least 4 members (excludes halogenated alkanes) is 1. The molecular weight excluding hydrogens is 365 g/mol. The highest BCUT2D eigenvalue weighted by Crippen LogP contribution is 2.15. The Labute approximate surface area is 141 Å². The Hall–Kier alpha value is -0.0400. The fraction of sp³-hybridized carbons (Fsp3) is 0.933. The van der Waals surface area contributed by atoms with Crippen LogP contribution in [0.25, 0.3) is 0 Å². The number of nitrogens with one attached hydrogen (secondary N) is 1. The zero-order chi connectivity index (χ0) is 13.9. The summed E-state index contributed by atoms with van der Waals surface area (Å²) in [6.45, 7) is 12.2. The summed E-state index contributed by atoms with van der Waals surface area (Å²) in [5, 5.41) is 3.39. The number of guanidine groups is 1. The highest BCUT2D eigenvalue weighted by molar-refractivity contribution is 14.0. The number of likely N-dealkylation sites (tertiary alicyclic amines) is 1. The van der Waals surface area contributed by atoms with Crippen LogP contribution >= 0.6 is 24.0 Å². The van der Waals surface area contributed by atoms with E-state index in [1.54, 1.807) is 0 Å². The molecule has 1 aliphatic heterocycles. The van der Waals surface area contributed by atoms with Gasteiger partial charge in [-0.05, 0) is 32.1 Å². The fourth-order valence-electron chi connectivity index (χ4n) is 2.21. The quantitative estimate of drug-likeness (QED) is 0.311. The first-order valence-corrected chi connectivity index (χ1v) is 7.88. The largest absolute Gasteiger partial charge is 0.380 e. The van der Waals surface area contributed by atoms with Crippen molar-refractivity contribution in [3.63, 3.8) is 0 Å². The summed E-state index contributed by atoms with van der Waals surface area (Å²) < 4.78 is 5.55. The van der Waals surface area contributed by atoms with Crippen LogP contribution in [-0.2, 0) is 4.74 Å². The normalized spacial score (nSPS) is 16.9. The number of ether oxygens (including phenoxy) is 1. The van der Waals surface area contributed by atoms with Gasteiger partial charge in [0.2, 0.25) is 0 Å². The van der Waals surface area contributed by atoms with Crippen LogP contribution in [0, 0.1) is 5.92 Å². The smallest absolute Gasteiger partial charge is 0.193 e. The van der Waals surface area contributed by atoms with E-state index in [2.05, 4.69) is 36.0 Å². The second kappa shape index (κ2) is 12.7. The van der Waals surface area contributed by atoms with Gasteiger partial charge >= 0.3 is 0 Å². The molecule has 1 N–H and O–H groups in total. The van der Waals surface area contributed by atoms with Crippen molar-refractivity contribution < 1.29 is 4.74 Å². The fourth-order valence-corrected chi connectivity index (χ4v) is 2.21. The minimum atomic E-state index is 0. The third-order valence-electron chi connectivity index (χ3n) is 3.56. The lowest BCUT2D eigenvalue weighted by Gasteiger charge is -2.33. The molecule has 0 aromatic rings. The molecule has 4 nitrogen and oxygen atoms in total. The zero-order valence-corrected chi connectivity index (χ0v) is 15.7. The second-order valence-corrected chi connectivity index (χ2v) is 5.37. The van der Waals surface area contributed by atoms with Crippen LogP contribution in [0.1, 0.15) is 46.5 Å². The molecule has 0 bridgehead atoms. The summed E-state index contributed by atoms with van der Waals surface area (Å²) in [4.78, 5) is 7.05. The van der Waals surface area contributed by atoms with Gasteiger partial charge < -0.3 is 15.0 Å². The molecule has 20 heavy (non-hydrogen) atoms. The van der Waals surface area contributed by atoms with Crippen LogP contribution in [-0.4, -0.2) is 50.3 Å². The molecule has 0 unspecified atom stereocenters. The maximum Gasteiger partial charge on any atom is 0.193 e. The maximum atomic E-state index is 5.55. The van der Waals surface area contributed by atoms with Crippen LogP contribution in [0.15, 0.2) is 4.99 Å². The zero-order valence-electron chi connectivity index (χ0n) is 13.4. The van der Waals surface area contributed by atoms with Gasteiger partial charge in [-0.25, -0.2) is 0 Å². The van der Waals surface area contributed by atoms with Crippen LogP contribution in [0.2, 0.25) is 0 Å². The molecule has 0 atom stereocenters. The average Bonchev–Trinajstić information content (AvgIpc) is 2.42. The summed E-state index contributed by atoms with van der Waals surface area (Å²) in [7, 11) is 0. The van der Waals surface area contributed by atoms with Crippen LogP contribution in [0.3, 0.4) is 0 Å². The Morgan fingerprint density at radius 3 is 2.55 bits per heavy atom. The monoisotopic (exact) mass is 397 g/mol. The third kappa shape index (κ3) is 8.29. The molecule has 0 spiro atoms. The minimum Gasteiger partial charge on any atom is -0.380 e. The van der Waals surface area contributed by atoms with Gasteiger partial charge in [-0.1, -0.05) is 20.3 Å². The van der Waals surface area contributed by atoms with Crippen molar-refractivity contribution >= 4 is 29.9 Å². The summed E-state index contributed by atoms with van der Waals surface area (Å²) >= 11 is 0. The first-order valence-electron chi connectivity index (χ1n) is 7.88. The van der Waals surface area contributed by atoms with Gasteiger partial charge in [0, 0.05) is 26.2 Å². The summed E-state index contributed by atoms with van der Waals surface area (Å²) in [6, 6.07) is 0. The Morgan fingerprint density at radius 2 is 1.95 bits per heavy atom. The molecule has 5 heteroatoms. The van der Waals surface area contributed by atoms with E-state index in [0.717, 1.165) is 57.7 Å². The van der Waals surface area contributed by atoms with Crippen LogP contribution in [0.5, 0.6) is 0 Å². The van der Waals surface area contributed by atoms with Gasteiger partial charge in [0.15, 0.2) is 5.96 Å². The van der Waals surface area contributed by atoms with Gasteiger partial charge in [-0.15, -0.1) is 24.0 Å². The Morgan fingerprint density at radius 1 is 1.25 bits per heavy atom. The number of piperidine rings is 1. The van der Waals surface area contributed by atoms with E-state index in [1.807, 2.05) is 0 Å². The molecule has 0 aromatic carbocycles. The lowest BCUT2D eigenvalue weighted by molar-refractivity contribution is 0.138. The van der Waals surface area contributed by atoms with Crippen molar-refractivity contribution in [3.05, 3.63) is 0 Å². The molecule has 0 radical (unpaired) electrons. The molecule has 1 heterocycles. The number of halogens is 1. The predicted molar refractivity (Wildman–Crippen MR) is 97.1 cm³/mol. The van der Waals surface area contributed by atoms with Crippen molar-refractivity contribution in [1.82, 2.24) is 10.2 Å². The molecular formula is C15H32IN3O. The number of hydrogen-bond donors (Lipinski definition) is 1. The maximum absolute atomic E-state index is 5.55. The van der Waals surface area contributed by atoms with Crippen molar-refractivity contribution in [3.8, 4) is 0 Å². The van der Waals surface area contributed by atoms with Crippen molar-refractivity contribution in [2.45, 2.75) is 46.5 Å². The molecule has 1 saturated heterocycles. The third-order valence-corrected chi connectivity index (χ3v) is 3.56. The topological polar surface area (TPSA) is 36.9 Å². The summed E-state index contributed by atoms with van der Waals surface area (Å²) in [6.07, 6.45) is 4.89. The van der Waals surface area contributed by atoms with Gasteiger partial charge in [-0.2, -0.15) is 0 Å². The molecule has 1 fully saturated rings. The standard InChI is InChI=1S/C15H31N3O.HI/c1-4-6-12-19-13-9-17-15(16-5-2)18-10-7-14(3)8-11-18;/h14H,4-13H2,1-3H3,(H,16,17);1H. The van der Waals surface area contributed by atoms with E-state index < -0.39 is 0 Å². The van der Waals surface area contributed by atoms with E-state index in [1.165, 1.54) is 19.3 Å². The predicted octanol–water partition coefficient (Wildman–Crippen LogP) is 3.12. The first kappa shape index (κ1) is 20.0. The lowest BCUT2D eigenvalue weighted by atomic mass is 10.00. The summed E-state index contributed by atoms with van der Waals surface area (Å²) in [5.41, 5.74) is 0.